The smallest absolute Gasteiger partial charge is 0.338 e. The molecule has 1 unspecified atom stereocenters. The summed E-state index contributed by atoms with van der Waals surface area (Å²) in [5, 5.41) is 11.4. The zero-order valence-corrected chi connectivity index (χ0v) is 22.9. The molecule has 0 amide bonds. The zero-order valence-electron chi connectivity index (χ0n) is 22.1. The van der Waals surface area contributed by atoms with E-state index >= 15 is 0 Å². The second-order valence-electron chi connectivity index (χ2n) is 9.96. The molecule has 3 heterocycles. The SMILES string of the molecule is CON1C(Nc2ccncc2)=CC=NC1c1nn(Cc2ccc(C(=O)OC(C)(C)C)cc2Cl)c2ccccc12. The molecular formula is C29H29ClN6O3. The summed E-state index contributed by atoms with van der Waals surface area (Å²) in [6.07, 6.45) is 6.49. The van der Waals surface area contributed by atoms with Gasteiger partial charge < -0.3 is 10.1 Å². The number of aliphatic imine (C=N–C) groups is 1. The van der Waals surface area contributed by atoms with Crippen molar-refractivity contribution in [2.75, 3.05) is 12.4 Å². The van der Waals surface area contributed by atoms with Crippen LogP contribution in [0.5, 0.6) is 0 Å². The van der Waals surface area contributed by atoms with Crippen LogP contribution in [0.2, 0.25) is 5.02 Å². The molecule has 1 aliphatic heterocycles. The van der Waals surface area contributed by atoms with Crippen molar-refractivity contribution in [3.63, 3.8) is 0 Å². The number of carbonyl (C=O) groups is 1. The maximum atomic E-state index is 12.5. The van der Waals surface area contributed by atoms with Crippen molar-refractivity contribution in [3.8, 4) is 0 Å². The largest absolute Gasteiger partial charge is 0.456 e. The first-order valence-electron chi connectivity index (χ1n) is 12.4. The number of rotatable bonds is 7. The minimum absolute atomic E-state index is 0.398. The third-order valence-corrected chi connectivity index (χ3v) is 6.36. The monoisotopic (exact) mass is 544 g/mol. The first-order valence-corrected chi connectivity index (χ1v) is 12.8. The molecule has 9 nitrogen and oxygen atoms in total. The topological polar surface area (TPSA) is 93.9 Å². The summed E-state index contributed by atoms with van der Waals surface area (Å²) in [7, 11) is 1.60. The number of carbonyl (C=O) groups excluding carboxylic acids is 1. The lowest BCUT2D eigenvalue weighted by Crippen LogP contribution is -2.32. The number of nitrogens with zero attached hydrogens (tertiary/aromatic N) is 5. The molecular weight excluding hydrogens is 516 g/mol. The summed E-state index contributed by atoms with van der Waals surface area (Å²) < 4.78 is 7.36. The van der Waals surface area contributed by atoms with Gasteiger partial charge in [-0.1, -0.05) is 35.9 Å². The Morgan fingerprint density at radius 2 is 1.87 bits per heavy atom. The molecule has 0 bridgehead atoms. The van der Waals surface area contributed by atoms with Crippen molar-refractivity contribution in [2.45, 2.75) is 39.1 Å². The fourth-order valence-electron chi connectivity index (χ4n) is 4.29. The highest BCUT2D eigenvalue weighted by Gasteiger charge is 2.29. The van der Waals surface area contributed by atoms with Crippen molar-refractivity contribution in [1.82, 2.24) is 19.8 Å². The Morgan fingerprint density at radius 3 is 2.59 bits per heavy atom. The Bertz CT molecular complexity index is 1560. The number of allylic oxidation sites excluding steroid dienone is 1. The van der Waals surface area contributed by atoms with Crippen molar-refractivity contribution >= 4 is 40.4 Å². The summed E-state index contributed by atoms with van der Waals surface area (Å²) in [6, 6.07) is 16.9. The molecule has 1 N–H and O–H groups in total. The van der Waals surface area contributed by atoms with E-state index in [1.165, 1.54) is 0 Å². The third kappa shape index (κ3) is 5.79. The highest BCUT2D eigenvalue weighted by atomic mass is 35.5. The maximum Gasteiger partial charge on any atom is 0.338 e. The molecule has 0 radical (unpaired) electrons. The van der Waals surface area contributed by atoms with E-state index < -0.39 is 17.7 Å². The van der Waals surface area contributed by atoms with Crippen molar-refractivity contribution in [3.05, 3.63) is 101 Å². The Kier molecular flexibility index (Phi) is 7.36. The van der Waals surface area contributed by atoms with Crippen molar-refractivity contribution in [1.29, 1.82) is 0 Å². The number of fused-ring (bicyclic) bond motifs is 1. The van der Waals surface area contributed by atoms with Gasteiger partial charge >= 0.3 is 5.97 Å². The molecule has 2 aromatic carbocycles. The van der Waals surface area contributed by atoms with Crippen LogP contribution in [-0.4, -0.2) is 44.7 Å². The van der Waals surface area contributed by atoms with Gasteiger partial charge in [0, 0.05) is 34.7 Å². The molecule has 39 heavy (non-hydrogen) atoms. The second kappa shape index (κ2) is 10.9. The van der Waals surface area contributed by atoms with E-state index in [0.717, 1.165) is 27.8 Å². The normalized spacial score (nSPS) is 15.4. The van der Waals surface area contributed by atoms with Crippen LogP contribution in [0, 0.1) is 0 Å². The molecule has 200 valence electrons. The van der Waals surface area contributed by atoms with Crippen LogP contribution in [0.25, 0.3) is 10.9 Å². The highest BCUT2D eigenvalue weighted by molar-refractivity contribution is 6.31. The summed E-state index contributed by atoms with van der Waals surface area (Å²) >= 11 is 6.62. The van der Waals surface area contributed by atoms with Crippen LogP contribution < -0.4 is 5.32 Å². The average Bonchev–Trinajstić information content (AvgIpc) is 3.27. The van der Waals surface area contributed by atoms with E-state index in [4.69, 9.17) is 26.3 Å². The van der Waals surface area contributed by atoms with E-state index in [1.807, 2.05) is 74.0 Å². The van der Waals surface area contributed by atoms with Crippen LogP contribution in [0.3, 0.4) is 0 Å². The Hall–Kier alpha value is -4.21. The van der Waals surface area contributed by atoms with Gasteiger partial charge in [-0.05, 0) is 62.7 Å². The quantitative estimate of drug-likeness (QED) is 0.286. The summed E-state index contributed by atoms with van der Waals surface area (Å²) in [5.41, 5.74) is 3.15. The van der Waals surface area contributed by atoms with Gasteiger partial charge in [0.25, 0.3) is 0 Å². The number of hydrogen-bond donors (Lipinski definition) is 1. The molecule has 0 saturated heterocycles. The van der Waals surface area contributed by atoms with Gasteiger partial charge in [0.2, 0.25) is 0 Å². The highest BCUT2D eigenvalue weighted by Crippen LogP contribution is 2.34. The van der Waals surface area contributed by atoms with Crippen LogP contribution in [0.4, 0.5) is 5.69 Å². The van der Waals surface area contributed by atoms with Crippen LogP contribution >= 0.6 is 11.6 Å². The van der Waals surface area contributed by atoms with Gasteiger partial charge in [0.15, 0.2) is 6.17 Å². The summed E-state index contributed by atoms with van der Waals surface area (Å²) in [4.78, 5) is 27.0. The molecule has 10 heteroatoms. The Balaban J connectivity index is 1.44. The standard InChI is InChI=1S/C29H29ClN6O3/c1-29(2,3)39-28(37)19-9-10-20(23(30)17-19)18-35-24-8-6-5-7-22(24)26(34-35)27-32-16-13-25(36(27)38-4)33-21-11-14-31-15-12-21/h5-17,27H,18H2,1-4H3,(H,31,33). The molecule has 0 spiro atoms. The number of hydrogen-bond acceptors (Lipinski definition) is 8. The average molecular weight is 545 g/mol. The Labute approximate surface area is 231 Å². The number of nitrogens with one attached hydrogen (secondary N) is 1. The van der Waals surface area contributed by atoms with Crippen LogP contribution in [-0.2, 0) is 16.1 Å². The van der Waals surface area contributed by atoms with E-state index in [2.05, 4.69) is 15.3 Å². The lowest BCUT2D eigenvalue weighted by atomic mass is 10.1. The fourth-order valence-corrected chi connectivity index (χ4v) is 4.53. The molecule has 1 aliphatic rings. The van der Waals surface area contributed by atoms with Crippen molar-refractivity contribution < 1.29 is 14.4 Å². The number of halogens is 1. The second-order valence-corrected chi connectivity index (χ2v) is 10.4. The minimum Gasteiger partial charge on any atom is -0.456 e. The van der Waals surface area contributed by atoms with Crippen LogP contribution in [0.15, 0.2) is 83.9 Å². The van der Waals surface area contributed by atoms with Gasteiger partial charge in [-0.3, -0.25) is 19.5 Å². The number of para-hydroxylation sites is 1. The molecule has 5 rings (SSSR count). The molecule has 0 aliphatic carbocycles. The predicted octanol–water partition coefficient (Wildman–Crippen LogP) is 5.99. The molecule has 1 atom stereocenters. The number of pyridine rings is 1. The van der Waals surface area contributed by atoms with E-state index in [9.17, 15) is 4.79 Å². The van der Waals surface area contributed by atoms with Gasteiger partial charge in [-0.25, -0.2) is 9.86 Å². The first kappa shape index (κ1) is 26.4. The van der Waals surface area contributed by atoms with E-state index in [-0.39, 0.29) is 0 Å². The molecule has 4 aromatic rings. The number of esters is 1. The summed E-state index contributed by atoms with van der Waals surface area (Å²) in [6.45, 7) is 5.89. The maximum absolute atomic E-state index is 12.5. The lowest BCUT2D eigenvalue weighted by Gasteiger charge is -2.31. The number of ether oxygens (including phenoxy) is 1. The number of hydroxylamine groups is 2. The molecule has 2 aromatic heterocycles. The minimum atomic E-state index is -0.590. The summed E-state index contributed by atoms with van der Waals surface area (Å²) in [5.74, 6) is 0.296. The van der Waals surface area contributed by atoms with Gasteiger partial charge in [0.05, 0.1) is 24.7 Å². The van der Waals surface area contributed by atoms with E-state index in [0.29, 0.717) is 23.0 Å². The molecule has 0 saturated carbocycles. The van der Waals surface area contributed by atoms with E-state index in [1.54, 1.807) is 42.9 Å². The Morgan fingerprint density at radius 1 is 1.10 bits per heavy atom. The van der Waals surface area contributed by atoms with Crippen molar-refractivity contribution in [2.24, 2.45) is 4.99 Å². The van der Waals surface area contributed by atoms with Gasteiger partial charge in [0.1, 0.15) is 17.1 Å². The number of benzene rings is 2. The van der Waals surface area contributed by atoms with Gasteiger partial charge in [-0.15, -0.1) is 0 Å². The molecule has 0 fully saturated rings. The predicted molar refractivity (Wildman–Crippen MR) is 151 cm³/mol. The first-order chi connectivity index (χ1) is 18.7. The number of aromatic nitrogens is 3. The van der Waals surface area contributed by atoms with Gasteiger partial charge in [-0.2, -0.15) is 5.10 Å². The lowest BCUT2D eigenvalue weighted by molar-refractivity contribution is -0.132. The third-order valence-electron chi connectivity index (χ3n) is 6.01. The zero-order chi connectivity index (χ0) is 27.6. The number of anilines is 1. The fraction of sp³-hybridized carbons (Fsp3) is 0.241. The van der Waals surface area contributed by atoms with Crippen LogP contribution in [0.1, 0.15) is 48.6 Å².